The van der Waals surface area contributed by atoms with Crippen molar-refractivity contribution in [3.8, 4) is 0 Å². The van der Waals surface area contributed by atoms with Gasteiger partial charge in [0.1, 0.15) is 6.33 Å². The molecular formula is C11H15ClN4O2. The number of anilines is 1. The summed E-state index contributed by atoms with van der Waals surface area (Å²) in [5.41, 5.74) is -0.158. The molecule has 1 aromatic heterocycles. The Balaban J connectivity index is 2.32. The van der Waals surface area contributed by atoms with E-state index < -0.39 is 4.92 Å². The Kier molecular flexibility index (Phi) is 2.73. The van der Waals surface area contributed by atoms with E-state index in [4.69, 9.17) is 11.6 Å². The second-order valence-electron chi connectivity index (χ2n) is 5.64. The fraction of sp³-hybridized carbons (Fsp3) is 0.636. The highest BCUT2D eigenvalue weighted by Gasteiger charge is 2.65. The maximum atomic E-state index is 11.0. The fourth-order valence-electron chi connectivity index (χ4n) is 2.32. The number of nitro groups is 1. The second kappa shape index (κ2) is 3.78. The largest absolute Gasteiger partial charge is 0.360 e. The number of hydrogen-bond donors (Lipinski definition) is 1. The Labute approximate surface area is 110 Å². The zero-order chi connectivity index (χ0) is 13.7. The van der Waals surface area contributed by atoms with Crippen LogP contribution in [0.3, 0.4) is 0 Å². The van der Waals surface area contributed by atoms with Gasteiger partial charge < -0.3 is 5.32 Å². The van der Waals surface area contributed by atoms with Crippen LogP contribution in [0.2, 0.25) is 5.15 Å². The van der Waals surface area contributed by atoms with Gasteiger partial charge in [0.25, 0.3) is 0 Å². The summed E-state index contributed by atoms with van der Waals surface area (Å²) in [6.07, 6.45) is 1.22. The highest BCUT2D eigenvalue weighted by molar-refractivity contribution is 6.31. The van der Waals surface area contributed by atoms with Crippen LogP contribution >= 0.6 is 11.6 Å². The van der Waals surface area contributed by atoms with Gasteiger partial charge in [-0.25, -0.2) is 9.97 Å². The molecule has 0 bridgehead atoms. The third kappa shape index (κ3) is 1.71. The molecule has 0 aromatic carbocycles. The third-order valence-electron chi connectivity index (χ3n) is 4.26. The Hall–Kier alpha value is -1.43. The molecule has 1 aromatic rings. The van der Waals surface area contributed by atoms with Crippen molar-refractivity contribution in [2.45, 2.75) is 33.7 Å². The predicted molar refractivity (Wildman–Crippen MR) is 68.7 cm³/mol. The van der Waals surface area contributed by atoms with E-state index in [2.05, 4.69) is 43.0 Å². The lowest BCUT2D eigenvalue weighted by atomic mass is 10.0. The molecule has 6 nitrogen and oxygen atoms in total. The Morgan fingerprint density at radius 3 is 2.33 bits per heavy atom. The lowest BCUT2D eigenvalue weighted by Gasteiger charge is -2.07. The predicted octanol–water partition coefficient (Wildman–Crippen LogP) is 2.88. The van der Waals surface area contributed by atoms with Gasteiger partial charge in [-0.3, -0.25) is 10.1 Å². The lowest BCUT2D eigenvalue weighted by Crippen LogP contribution is -2.13. The summed E-state index contributed by atoms with van der Waals surface area (Å²) in [6, 6.07) is 0.120. The molecule has 0 saturated heterocycles. The van der Waals surface area contributed by atoms with Crippen molar-refractivity contribution >= 4 is 23.1 Å². The van der Waals surface area contributed by atoms with Crippen LogP contribution < -0.4 is 5.32 Å². The van der Waals surface area contributed by atoms with Crippen molar-refractivity contribution in [2.24, 2.45) is 10.8 Å². The first kappa shape index (κ1) is 13.0. The first-order valence-corrected chi connectivity index (χ1v) is 5.99. The standard InChI is InChI=1S/C11H15ClN4O2/c1-10(2)9(11(10,3)4)15-8-6(16(17)18)7(12)13-5-14-8/h5,9H,1-4H3,(H,13,14,15). The summed E-state index contributed by atoms with van der Waals surface area (Å²) >= 11 is 5.74. The number of halogens is 1. The zero-order valence-corrected chi connectivity index (χ0v) is 11.4. The molecule has 0 radical (unpaired) electrons. The van der Waals surface area contributed by atoms with E-state index in [9.17, 15) is 10.1 Å². The van der Waals surface area contributed by atoms with E-state index in [0.29, 0.717) is 0 Å². The van der Waals surface area contributed by atoms with Gasteiger partial charge in [0.05, 0.1) is 4.92 Å². The van der Waals surface area contributed by atoms with Gasteiger partial charge in [-0.2, -0.15) is 0 Å². The van der Waals surface area contributed by atoms with E-state index in [0.717, 1.165) is 0 Å². The van der Waals surface area contributed by atoms with Crippen LogP contribution in [0.5, 0.6) is 0 Å². The van der Waals surface area contributed by atoms with Crippen molar-refractivity contribution in [1.29, 1.82) is 0 Å². The molecule has 1 aliphatic carbocycles. The summed E-state index contributed by atoms with van der Waals surface area (Å²) in [5, 5.41) is 13.9. The highest BCUT2D eigenvalue weighted by Crippen LogP contribution is 2.63. The maximum absolute atomic E-state index is 11.0. The number of aromatic nitrogens is 2. The first-order valence-electron chi connectivity index (χ1n) is 5.61. The van der Waals surface area contributed by atoms with Crippen LogP contribution in [0, 0.1) is 20.9 Å². The molecule has 0 unspecified atom stereocenters. The van der Waals surface area contributed by atoms with Crippen LogP contribution in [-0.4, -0.2) is 20.9 Å². The fourth-order valence-corrected chi connectivity index (χ4v) is 2.52. The van der Waals surface area contributed by atoms with Crippen molar-refractivity contribution in [1.82, 2.24) is 9.97 Å². The molecule has 1 saturated carbocycles. The Morgan fingerprint density at radius 2 is 1.89 bits per heavy atom. The number of rotatable bonds is 3. The summed E-state index contributed by atoms with van der Waals surface area (Å²) < 4.78 is 0. The van der Waals surface area contributed by atoms with Gasteiger partial charge >= 0.3 is 5.69 Å². The van der Waals surface area contributed by atoms with Gasteiger partial charge in [0.2, 0.25) is 11.0 Å². The average Bonchev–Trinajstić information content (AvgIpc) is 2.60. The number of nitrogens with one attached hydrogen (secondary N) is 1. The molecule has 2 rings (SSSR count). The van der Waals surface area contributed by atoms with Crippen molar-refractivity contribution < 1.29 is 4.92 Å². The molecule has 0 amide bonds. The number of hydrogen-bond acceptors (Lipinski definition) is 5. The van der Waals surface area contributed by atoms with Gasteiger partial charge in [0, 0.05) is 6.04 Å². The van der Waals surface area contributed by atoms with Crippen LogP contribution in [0.1, 0.15) is 27.7 Å². The van der Waals surface area contributed by atoms with E-state index in [1.165, 1.54) is 6.33 Å². The molecular weight excluding hydrogens is 256 g/mol. The summed E-state index contributed by atoms with van der Waals surface area (Å²) in [5.74, 6) is 0.184. The van der Waals surface area contributed by atoms with Gasteiger partial charge in [-0.1, -0.05) is 39.3 Å². The van der Waals surface area contributed by atoms with E-state index in [1.54, 1.807) is 0 Å². The lowest BCUT2D eigenvalue weighted by molar-refractivity contribution is -0.384. The topological polar surface area (TPSA) is 81.0 Å². The van der Waals surface area contributed by atoms with E-state index in [-0.39, 0.29) is 33.5 Å². The quantitative estimate of drug-likeness (QED) is 0.519. The first-order chi connectivity index (χ1) is 8.19. The smallest absolute Gasteiger partial charge is 0.348 e. The summed E-state index contributed by atoms with van der Waals surface area (Å²) in [7, 11) is 0. The van der Waals surface area contributed by atoms with E-state index >= 15 is 0 Å². The van der Waals surface area contributed by atoms with Crippen LogP contribution in [-0.2, 0) is 0 Å². The van der Waals surface area contributed by atoms with Gasteiger partial charge in [-0.15, -0.1) is 0 Å². The molecule has 98 valence electrons. The molecule has 1 aliphatic rings. The Bertz CT molecular complexity index is 502. The van der Waals surface area contributed by atoms with Crippen LogP contribution in [0.4, 0.5) is 11.5 Å². The molecule has 1 fully saturated rings. The molecule has 7 heteroatoms. The Morgan fingerprint density at radius 1 is 1.33 bits per heavy atom. The second-order valence-corrected chi connectivity index (χ2v) is 6.00. The minimum absolute atomic E-state index is 0.0539. The van der Waals surface area contributed by atoms with Crippen LogP contribution in [0.25, 0.3) is 0 Å². The molecule has 1 heterocycles. The van der Waals surface area contributed by atoms with Gasteiger partial charge in [0.15, 0.2) is 0 Å². The zero-order valence-electron chi connectivity index (χ0n) is 10.7. The monoisotopic (exact) mass is 270 g/mol. The van der Waals surface area contributed by atoms with E-state index in [1.807, 2.05) is 0 Å². The summed E-state index contributed by atoms with van der Waals surface area (Å²) in [4.78, 5) is 18.0. The SMILES string of the molecule is CC1(C)C(Nc2ncnc(Cl)c2[N+](=O)[O-])C1(C)C. The maximum Gasteiger partial charge on any atom is 0.348 e. The summed E-state index contributed by atoms with van der Waals surface area (Å²) in [6.45, 7) is 8.44. The number of nitrogens with zero attached hydrogens (tertiary/aromatic N) is 3. The molecule has 18 heavy (non-hydrogen) atoms. The molecule has 0 aliphatic heterocycles. The average molecular weight is 271 g/mol. The molecule has 1 N–H and O–H groups in total. The minimum atomic E-state index is -0.562. The van der Waals surface area contributed by atoms with Gasteiger partial charge in [-0.05, 0) is 10.8 Å². The molecule has 0 atom stereocenters. The normalized spacial score (nSPS) is 20.5. The molecule has 0 spiro atoms. The minimum Gasteiger partial charge on any atom is -0.360 e. The highest BCUT2D eigenvalue weighted by atomic mass is 35.5. The van der Waals surface area contributed by atoms with Crippen molar-refractivity contribution in [3.63, 3.8) is 0 Å². The van der Waals surface area contributed by atoms with Crippen molar-refractivity contribution in [3.05, 3.63) is 21.6 Å². The van der Waals surface area contributed by atoms with Crippen LogP contribution in [0.15, 0.2) is 6.33 Å². The third-order valence-corrected chi connectivity index (χ3v) is 4.54. The van der Waals surface area contributed by atoms with Crippen molar-refractivity contribution in [2.75, 3.05) is 5.32 Å².